The number of aromatic nitrogens is 1. The average molecular weight is 494 g/mol. The summed E-state index contributed by atoms with van der Waals surface area (Å²) in [4.78, 5) is 28.9. The number of carbonyl (C=O) groups excluding carboxylic acids is 2. The molecule has 0 bridgehead atoms. The van der Waals surface area contributed by atoms with Gasteiger partial charge in [0.1, 0.15) is 17.9 Å². The van der Waals surface area contributed by atoms with E-state index in [2.05, 4.69) is 15.6 Å². The van der Waals surface area contributed by atoms with Crippen LogP contribution in [0.2, 0.25) is 0 Å². The molecule has 1 saturated heterocycles. The van der Waals surface area contributed by atoms with Crippen molar-refractivity contribution in [1.82, 2.24) is 15.6 Å². The summed E-state index contributed by atoms with van der Waals surface area (Å²) in [7, 11) is -3.70. The summed E-state index contributed by atoms with van der Waals surface area (Å²) in [5, 5.41) is 5.20. The van der Waals surface area contributed by atoms with Crippen molar-refractivity contribution < 1.29 is 22.7 Å². The highest BCUT2D eigenvalue weighted by molar-refractivity contribution is 7.92. The molecule has 9 heteroatoms. The molecule has 182 valence electrons. The first-order valence-corrected chi connectivity index (χ1v) is 13.3. The topological polar surface area (TPSA) is 114 Å². The van der Waals surface area contributed by atoms with Gasteiger partial charge in [0, 0.05) is 16.6 Å². The van der Waals surface area contributed by atoms with Crippen LogP contribution in [-0.2, 0) is 21.2 Å². The van der Waals surface area contributed by atoms with Crippen molar-refractivity contribution in [3.05, 3.63) is 65.9 Å². The van der Waals surface area contributed by atoms with Crippen LogP contribution in [0, 0.1) is 6.92 Å². The average Bonchev–Trinajstić information content (AvgIpc) is 2.98. The lowest BCUT2D eigenvalue weighted by atomic mass is 9.90. The number of imide groups is 1. The quantitative estimate of drug-likeness (QED) is 0.523. The molecular formula is C26H27N3O5S. The van der Waals surface area contributed by atoms with Crippen molar-refractivity contribution in [2.75, 3.05) is 0 Å². The Kier molecular flexibility index (Phi) is 5.96. The number of aryl methyl sites for hydroxylation is 1. The highest BCUT2D eigenvalue weighted by atomic mass is 32.2. The summed E-state index contributed by atoms with van der Waals surface area (Å²) in [5.41, 5.74) is 1.66. The van der Waals surface area contributed by atoms with Gasteiger partial charge in [-0.2, -0.15) is 0 Å². The molecule has 35 heavy (non-hydrogen) atoms. The van der Waals surface area contributed by atoms with Gasteiger partial charge in [-0.3, -0.25) is 15.1 Å². The van der Waals surface area contributed by atoms with Gasteiger partial charge in [0.05, 0.1) is 15.7 Å². The van der Waals surface area contributed by atoms with E-state index in [9.17, 15) is 18.0 Å². The molecule has 3 aromatic rings. The Morgan fingerprint density at radius 2 is 1.86 bits per heavy atom. The molecular weight excluding hydrogens is 466 g/mol. The zero-order chi connectivity index (χ0) is 24.6. The van der Waals surface area contributed by atoms with E-state index in [0.717, 1.165) is 22.2 Å². The van der Waals surface area contributed by atoms with Gasteiger partial charge in [0.15, 0.2) is 9.84 Å². The summed E-state index contributed by atoms with van der Waals surface area (Å²) in [5.74, 6) is 0.120. The molecule has 1 aromatic heterocycles. The Hall–Kier alpha value is -3.46. The SMILES string of the molecule is Cc1cc(COc2ccc(S(=O)(=O)C3CCCCC4(C3)NC(=O)NC4=O)cc2)c2ccccc2n1. The maximum absolute atomic E-state index is 13.5. The maximum Gasteiger partial charge on any atom is 0.322 e. The third-order valence-corrected chi connectivity index (χ3v) is 9.09. The zero-order valence-corrected chi connectivity index (χ0v) is 20.2. The van der Waals surface area contributed by atoms with Crippen LogP contribution in [-0.4, -0.2) is 36.1 Å². The fraction of sp³-hybridized carbons (Fsp3) is 0.346. The van der Waals surface area contributed by atoms with Crippen molar-refractivity contribution >= 4 is 32.7 Å². The van der Waals surface area contributed by atoms with E-state index < -0.39 is 32.6 Å². The second kappa shape index (κ2) is 8.96. The molecule has 8 nitrogen and oxygen atoms in total. The number of benzene rings is 2. The summed E-state index contributed by atoms with van der Waals surface area (Å²) in [6.07, 6.45) is 2.30. The summed E-state index contributed by atoms with van der Waals surface area (Å²) >= 11 is 0. The van der Waals surface area contributed by atoms with Crippen LogP contribution in [0.25, 0.3) is 10.9 Å². The first kappa shape index (κ1) is 23.3. The predicted octanol–water partition coefficient (Wildman–Crippen LogP) is 3.81. The number of hydrogen-bond acceptors (Lipinski definition) is 6. The first-order valence-electron chi connectivity index (χ1n) is 11.7. The number of carbonyl (C=O) groups is 2. The summed E-state index contributed by atoms with van der Waals surface area (Å²) in [6.45, 7) is 2.27. The zero-order valence-electron chi connectivity index (χ0n) is 19.4. The van der Waals surface area contributed by atoms with Gasteiger partial charge in [0.25, 0.3) is 5.91 Å². The molecule has 2 aromatic carbocycles. The number of rotatable bonds is 5. The molecule has 2 N–H and O–H groups in total. The van der Waals surface area contributed by atoms with Crippen LogP contribution < -0.4 is 15.4 Å². The molecule has 2 unspecified atom stereocenters. The first-order chi connectivity index (χ1) is 16.8. The highest BCUT2D eigenvalue weighted by Gasteiger charge is 2.50. The molecule has 2 fully saturated rings. The third kappa shape index (κ3) is 4.48. The van der Waals surface area contributed by atoms with Crippen LogP contribution in [0.5, 0.6) is 5.75 Å². The number of hydrogen-bond donors (Lipinski definition) is 2. The minimum atomic E-state index is -3.70. The van der Waals surface area contributed by atoms with Gasteiger partial charge in [-0.05, 0) is 62.6 Å². The molecule has 2 heterocycles. The number of nitrogens with one attached hydrogen (secondary N) is 2. The van der Waals surface area contributed by atoms with Crippen LogP contribution in [0.1, 0.15) is 43.4 Å². The van der Waals surface area contributed by atoms with Crippen molar-refractivity contribution in [2.45, 2.75) is 61.3 Å². The van der Waals surface area contributed by atoms with Crippen LogP contribution in [0.15, 0.2) is 59.5 Å². The van der Waals surface area contributed by atoms with Gasteiger partial charge in [-0.15, -0.1) is 0 Å². The number of pyridine rings is 1. The van der Waals surface area contributed by atoms with Crippen molar-refractivity contribution in [3.63, 3.8) is 0 Å². The van der Waals surface area contributed by atoms with Crippen LogP contribution in [0.3, 0.4) is 0 Å². The standard InChI is InChI=1S/C26H27N3O5S/c1-17-14-18(22-7-2-3-8-23(22)27-17)16-34-19-9-11-20(12-10-19)35(32,33)21-6-4-5-13-26(15-21)24(30)28-25(31)29-26/h2-3,7-12,14,21H,4-6,13,15-16H2,1H3,(H2,28,29,30,31). The fourth-order valence-corrected chi connectivity index (χ4v) is 6.98. The van der Waals surface area contributed by atoms with E-state index in [0.29, 0.717) is 38.0 Å². The minimum Gasteiger partial charge on any atom is -0.489 e. The second-order valence-corrected chi connectivity index (χ2v) is 11.5. The van der Waals surface area contributed by atoms with Crippen LogP contribution in [0.4, 0.5) is 4.79 Å². The third-order valence-electron chi connectivity index (χ3n) is 6.89. The highest BCUT2D eigenvalue weighted by Crippen LogP contribution is 2.35. The lowest BCUT2D eigenvalue weighted by Gasteiger charge is -2.27. The van der Waals surface area contributed by atoms with Gasteiger partial charge < -0.3 is 10.1 Å². The normalized spacial score (nSPS) is 22.6. The van der Waals surface area contributed by atoms with Gasteiger partial charge in [0.2, 0.25) is 0 Å². The Bertz CT molecular complexity index is 1400. The smallest absolute Gasteiger partial charge is 0.322 e. The van der Waals surface area contributed by atoms with Gasteiger partial charge >= 0.3 is 6.03 Å². The lowest BCUT2D eigenvalue weighted by Crippen LogP contribution is -2.49. The Balaban J connectivity index is 1.33. The number of sulfone groups is 1. The van der Waals surface area contributed by atoms with E-state index in [1.165, 1.54) is 0 Å². The van der Waals surface area contributed by atoms with Crippen molar-refractivity contribution in [3.8, 4) is 5.75 Å². The predicted molar refractivity (Wildman–Crippen MR) is 131 cm³/mol. The number of para-hydroxylation sites is 1. The van der Waals surface area contributed by atoms with E-state index in [1.54, 1.807) is 24.3 Å². The van der Waals surface area contributed by atoms with E-state index in [1.807, 2.05) is 37.3 Å². The molecule has 1 spiro atoms. The molecule has 2 aliphatic rings. The Morgan fingerprint density at radius 3 is 2.60 bits per heavy atom. The number of ether oxygens (including phenoxy) is 1. The number of amides is 3. The summed E-state index contributed by atoms with van der Waals surface area (Å²) < 4.78 is 32.9. The molecule has 0 radical (unpaired) electrons. The number of nitrogens with zero attached hydrogens (tertiary/aromatic N) is 1. The molecule has 5 rings (SSSR count). The van der Waals surface area contributed by atoms with Crippen molar-refractivity contribution in [2.24, 2.45) is 0 Å². The van der Waals surface area contributed by atoms with E-state index >= 15 is 0 Å². The lowest BCUT2D eigenvalue weighted by molar-refractivity contribution is -0.124. The molecule has 2 atom stereocenters. The van der Waals surface area contributed by atoms with E-state index in [4.69, 9.17) is 4.74 Å². The molecule has 3 amide bonds. The van der Waals surface area contributed by atoms with Crippen LogP contribution >= 0.6 is 0 Å². The van der Waals surface area contributed by atoms with Gasteiger partial charge in [-0.1, -0.05) is 31.0 Å². The Labute approximate surface area is 204 Å². The summed E-state index contributed by atoms with van der Waals surface area (Å²) in [6, 6.07) is 15.7. The molecule has 1 aliphatic heterocycles. The van der Waals surface area contributed by atoms with Gasteiger partial charge in [-0.25, -0.2) is 13.2 Å². The molecule has 1 aliphatic carbocycles. The second-order valence-electron chi connectivity index (χ2n) is 9.31. The minimum absolute atomic E-state index is 0.0691. The number of urea groups is 1. The Morgan fingerprint density at radius 1 is 1.09 bits per heavy atom. The molecule has 1 saturated carbocycles. The van der Waals surface area contributed by atoms with Crippen molar-refractivity contribution in [1.29, 1.82) is 0 Å². The van der Waals surface area contributed by atoms with E-state index in [-0.39, 0.29) is 11.3 Å². The maximum atomic E-state index is 13.5. The largest absolute Gasteiger partial charge is 0.489 e. The fourth-order valence-electron chi connectivity index (χ4n) is 5.10. The monoisotopic (exact) mass is 493 g/mol. The number of fused-ring (bicyclic) bond motifs is 1.